The van der Waals surface area contributed by atoms with Crippen LogP contribution in [0.4, 0.5) is 5.82 Å². The monoisotopic (exact) mass is 224 g/mol. The molecule has 0 aliphatic heterocycles. The minimum Gasteiger partial charge on any atom is -0.316 e. The van der Waals surface area contributed by atoms with Crippen molar-refractivity contribution in [3.63, 3.8) is 0 Å². The fourth-order valence-corrected chi connectivity index (χ4v) is 1.12. The van der Waals surface area contributed by atoms with Crippen LogP contribution in [0.5, 0.6) is 0 Å². The third kappa shape index (κ3) is 3.82. The zero-order chi connectivity index (χ0) is 12.0. The fourth-order valence-electron chi connectivity index (χ4n) is 1.12. The molecule has 0 fully saturated rings. The first kappa shape index (κ1) is 12.4. The molecule has 1 unspecified atom stereocenters. The molecule has 1 aromatic rings. The Morgan fingerprint density at radius 2 is 2.31 bits per heavy atom. The predicted octanol–water partition coefficient (Wildman–Crippen LogP) is -0.0460. The van der Waals surface area contributed by atoms with Gasteiger partial charge in [-0.2, -0.15) is 5.10 Å². The number of carbonyl (C=O) groups is 1. The topological polar surface area (TPSA) is 86.9 Å². The first-order valence-electron chi connectivity index (χ1n) is 5.20. The molecule has 1 amide bonds. The number of aromatic amines is 1. The Morgan fingerprint density at radius 1 is 1.56 bits per heavy atom. The number of hydrogen-bond acceptors (Lipinski definition) is 4. The Bertz CT molecular complexity index is 382. The highest BCUT2D eigenvalue weighted by Gasteiger charge is 2.12. The number of H-pyrrole nitrogens is 1. The minimum atomic E-state index is -0.293. The standard InChI is InChI=1S/C10H16N4O2/c1-3-11-6-7(2)10(16)12-8-4-5-9(15)14-13-8/h4-5,7,11H,3,6H2,1-2H3,(H,14,15)(H,12,13,16). The van der Waals surface area contributed by atoms with E-state index in [9.17, 15) is 9.59 Å². The van der Waals surface area contributed by atoms with Crippen molar-refractivity contribution < 1.29 is 4.79 Å². The molecule has 1 heterocycles. The molecule has 6 heteroatoms. The predicted molar refractivity (Wildman–Crippen MR) is 61.2 cm³/mol. The van der Waals surface area contributed by atoms with Crippen molar-refractivity contribution in [1.82, 2.24) is 15.5 Å². The molecule has 0 bridgehead atoms. The van der Waals surface area contributed by atoms with Gasteiger partial charge in [0, 0.05) is 18.5 Å². The molecular weight excluding hydrogens is 208 g/mol. The van der Waals surface area contributed by atoms with E-state index < -0.39 is 0 Å². The highest BCUT2D eigenvalue weighted by molar-refractivity contribution is 5.91. The van der Waals surface area contributed by atoms with Crippen LogP contribution in [-0.2, 0) is 4.79 Å². The molecule has 0 radical (unpaired) electrons. The number of hydrogen-bond donors (Lipinski definition) is 3. The van der Waals surface area contributed by atoms with E-state index in [1.165, 1.54) is 12.1 Å². The molecule has 0 aliphatic carbocycles. The maximum absolute atomic E-state index is 11.6. The second-order valence-corrected chi connectivity index (χ2v) is 3.50. The van der Waals surface area contributed by atoms with Gasteiger partial charge in [-0.15, -0.1) is 0 Å². The maximum atomic E-state index is 11.6. The normalized spacial score (nSPS) is 12.1. The summed E-state index contributed by atoms with van der Waals surface area (Å²) in [5.41, 5.74) is -0.293. The molecular formula is C10H16N4O2. The van der Waals surface area contributed by atoms with Gasteiger partial charge in [0.05, 0.1) is 0 Å². The van der Waals surface area contributed by atoms with Gasteiger partial charge in [-0.05, 0) is 12.6 Å². The molecule has 0 aromatic carbocycles. The van der Waals surface area contributed by atoms with Crippen LogP contribution in [0.25, 0.3) is 0 Å². The number of rotatable bonds is 5. The molecule has 1 rings (SSSR count). The van der Waals surface area contributed by atoms with Gasteiger partial charge >= 0.3 is 0 Å². The van der Waals surface area contributed by atoms with E-state index >= 15 is 0 Å². The molecule has 0 saturated heterocycles. The van der Waals surface area contributed by atoms with E-state index in [0.29, 0.717) is 12.4 Å². The van der Waals surface area contributed by atoms with Crippen molar-refractivity contribution in [2.24, 2.45) is 5.92 Å². The largest absolute Gasteiger partial charge is 0.316 e. The summed E-state index contributed by atoms with van der Waals surface area (Å²) in [6.45, 7) is 5.25. The van der Waals surface area contributed by atoms with Crippen molar-refractivity contribution in [3.05, 3.63) is 22.5 Å². The average molecular weight is 224 g/mol. The summed E-state index contributed by atoms with van der Waals surface area (Å²) in [4.78, 5) is 22.4. The molecule has 1 atom stereocenters. The highest BCUT2D eigenvalue weighted by Crippen LogP contribution is 2.01. The lowest BCUT2D eigenvalue weighted by atomic mass is 10.1. The van der Waals surface area contributed by atoms with Crippen LogP contribution in [0, 0.1) is 5.92 Å². The Kier molecular flexibility index (Phi) is 4.65. The van der Waals surface area contributed by atoms with Crippen molar-refractivity contribution in [2.45, 2.75) is 13.8 Å². The summed E-state index contributed by atoms with van der Waals surface area (Å²) < 4.78 is 0. The van der Waals surface area contributed by atoms with Gasteiger partial charge in [-0.25, -0.2) is 5.10 Å². The highest BCUT2D eigenvalue weighted by atomic mass is 16.2. The van der Waals surface area contributed by atoms with Crippen molar-refractivity contribution in [3.8, 4) is 0 Å². The number of anilines is 1. The molecule has 3 N–H and O–H groups in total. The Balaban J connectivity index is 2.50. The maximum Gasteiger partial charge on any atom is 0.264 e. The van der Waals surface area contributed by atoms with E-state index in [4.69, 9.17) is 0 Å². The first-order chi connectivity index (χ1) is 7.63. The molecule has 16 heavy (non-hydrogen) atoms. The van der Waals surface area contributed by atoms with E-state index in [2.05, 4.69) is 20.8 Å². The number of nitrogens with zero attached hydrogens (tertiary/aromatic N) is 1. The molecule has 88 valence electrons. The smallest absolute Gasteiger partial charge is 0.264 e. The number of carbonyl (C=O) groups excluding carboxylic acids is 1. The van der Waals surface area contributed by atoms with Crippen LogP contribution in [-0.4, -0.2) is 29.2 Å². The summed E-state index contributed by atoms with van der Waals surface area (Å²) in [6, 6.07) is 2.79. The summed E-state index contributed by atoms with van der Waals surface area (Å²) in [7, 11) is 0. The van der Waals surface area contributed by atoms with Gasteiger partial charge in [0.15, 0.2) is 5.82 Å². The second-order valence-electron chi connectivity index (χ2n) is 3.50. The van der Waals surface area contributed by atoms with Crippen molar-refractivity contribution in [2.75, 3.05) is 18.4 Å². The third-order valence-corrected chi connectivity index (χ3v) is 2.08. The van der Waals surface area contributed by atoms with Crippen LogP contribution in [0.1, 0.15) is 13.8 Å². The van der Waals surface area contributed by atoms with Crippen LogP contribution >= 0.6 is 0 Å². The van der Waals surface area contributed by atoms with Gasteiger partial charge in [-0.3, -0.25) is 9.59 Å². The van der Waals surface area contributed by atoms with E-state index in [1.54, 1.807) is 0 Å². The van der Waals surface area contributed by atoms with E-state index in [0.717, 1.165) is 6.54 Å². The van der Waals surface area contributed by atoms with E-state index in [1.807, 2.05) is 13.8 Å². The SMILES string of the molecule is CCNCC(C)C(=O)Nc1ccc(=O)[nH]n1. The fraction of sp³-hybridized carbons (Fsp3) is 0.500. The lowest BCUT2D eigenvalue weighted by Crippen LogP contribution is -2.30. The van der Waals surface area contributed by atoms with Gasteiger partial charge in [0.1, 0.15) is 0 Å². The summed E-state index contributed by atoms with van der Waals surface area (Å²) >= 11 is 0. The zero-order valence-electron chi connectivity index (χ0n) is 9.41. The number of amides is 1. The summed E-state index contributed by atoms with van der Waals surface area (Å²) in [5.74, 6) is 0.0853. The molecule has 6 nitrogen and oxygen atoms in total. The molecule has 1 aromatic heterocycles. The van der Waals surface area contributed by atoms with Gasteiger partial charge in [0.25, 0.3) is 5.56 Å². The van der Waals surface area contributed by atoms with Gasteiger partial charge in [0.2, 0.25) is 5.91 Å². The molecule has 0 aliphatic rings. The zero-order valence-corrected chi connectivity index (χ0v) is 9.41. The first-order valence-corrected chi connectivity index (χ1v) is 5.20. The van der Waals surface area contributed by atoms with Crippen LogP contribution < -0.4 is 16.2 Å². The average Bonchev–Trinajstić information content (AvgIpc) is 2.29. The number of aromatic nitrogens is 2. The van der Waals surface area contributed by atoms with E-state index in [-0.39, 0.29) is 17.4 Å². The quantitative estimate of drug-likeness (QED) is 0.654. The lowest BCUT2D eigenvalue weighted by Gasteiger charge is -2.11. The molecule has 0 spiro atoms. The summed E-state index contributed by atoms with van der Waals surface area (Å²) in [5, 5.41) is 11.6. The van der Waals surface area contributed by atoms with Crippen molar-refractivity contribution >= 4 is 11.7 Å². The van der Waals surface area contributed by atoms with Crippen molar-refractivity contribution in [1.29, 1.82) is 0 Å². The third-order valence-electron chi connectivity index (χ3n) is 2.08. The Hall–Kier alpha value is -1.69. The Labute approximate surface area is 93.5 Å². The number of nitrogens with one attached hydrogen (secondary N) is 3. The van der Waals surface area contributed by atoms with Crippen LogP contribution in [0.15, 0.2) is 16.9 Å². The minimum absolute atomic E-state index is 0.125. The summed E-state index contributed by atoms with van der Waals surface area (Å²) in [6.07, 6.45) is 0. The molecule has 0 saturated carbocycles. The Morgan fingerprint density at radius 3 is 2.88 bits per heavy atom. The van der Waals surface area contributed by atoms with Crippen LogP contribution in [0.2, 0.25) is 0 Å². The van der Waals surface area contributed by atoms with Gasteiger partial charge < -0.3 is 10.6 Å². The van der Waals surface area contributed by atoms with Gasteiger partial charge in [-0.1, -0.05) is 13.8 Å². The lowest BCUT2D eigenvalue weighted by molar-refractivity contribution is -0.119. The van der Waals surface area contributed by atoms with Crippen LogP contribution in [0.3, 0.4) is 0 Å². The second kappa shape index (κ2) is 6.02.